The van der Waals surface area contributed by atoms with Crippen LogP contribution in [0.3, 0.4) is 0 Å². The highest BCUT2D eigenvalue weighted by Crippen LogP contribution is 2.37. The van der Waals surface area contributed by atoms with Crippen LogP contribution in [0.15, 0.2) is 23.8 Å². The number of hydrogen-bond acceptors (Lipinski definition) is 6. The number of Topliss-reactive ketones (excluding diaryl/α,β-unsaturated/α-hetero) is 2. The lowest BCUT2D eigenvalue weighted by Crippen LogP contribution is -2.51. The zero-order valence-corrected chi connectivity index (χ0v) is 25.0. The van der Waals surface area contributed by atoms with Crippen LogP contribution >= 0.6 is 0 Å². The number of allylic oxidation sites excluding steroid dienone is 2. The monoisotopic (exact) mass is 562 g/mol. The number of carbonyl (C=O) groups excluding carboxylic acids is 3. The van der Waals surface area contributed by atoms with E-state index in [1.165, 1.54) is 12.2 Å². The molecule has 1 rings (SSSR count). The quantitative estimate of drug-likeness (QED) is 0.231. The van der Waals surface area contributed by atoms with Crippen LogP contribution in [0.2, 0.25) is 18.1 Å². The number of halogens is 3. The van der Waals surface area contributed by atoms with E-state index in [-0.39, 0.29) is 12.2 Å². The van der Waals surface area contributed by atoms with E-state index in [9.17, 15) is 32.7 Å². The molecule has 0 saturated carbocycles. The largest absolute Gasteiger partial charge is 0.454 e. The molecule has 0 unspecified atom stereocenters. The first-order valence-electron chi connectivity index (χ1n) is 13.5. The Morgan fingerprint density at radius 2 is 1.71 bits per heavy atom. The zero-order valence-electron chi connectivity index (χ0n) is 24.0. The van der Waals surface area contributed by atoms with E-state index in [0.29, 0.717) is 0 Å². The molecule has 0 radical (unpaired) electrons. The number of alkyl halides is 3. The van der Waals surface area contributed by atoms with E-state index in [0.717, 1.165) is 31.1 Å². The van der Waals surface area contributed by atoms with Crippen molar-refractivity contribution in [1.29, 1.82) is 0 Å². The molecule has 1 aliphatic heterocycles. The second-order valence-electron chi connectivity index (χ2n) is 11.0. The van der Waals surface area contributed by atoms with Crippen molar-refractivity contribution in [3.8, 4) is 0 Å². The molecule has 0 saturated heterocycles. The molecule has 0 fully saturated rings. The standard InChI is InChI=1S/C28H45F3O6Si/c1-9-38(10-2,11-3)37-23-17-24(33)36-22(20(6)32)16-15-21(28(29,30)31)14-12-13-18(4)25(34)19(5)26(35)27(23,7)8/h12-13,15,18-19,22-23,25,34H,9-11,14,16-17H2,1-8H3/b13-12+,21-15+/t18-,19+,22-,23-,25-/m0/s1. The second-order valence-corrected chi connectivity index (χ2v) is 15.7. The lowest BCUT2D eigenvalue weighted by atomic mass is 9.73. The van der Waals surface area contributed by atoms with E-state index in [4.69, 9.17) is 9.16 Å². The minimum absolute atomic E-state index is 0.319. The van der Waals surface area contributed by atoms with Crippen LogP contribution in [-0.2, 0) is 23.5 Å². The van der Waals surface area contributed by atoms with Crippen molar-refractivity contribution in [2.24, 2.45) is 17.3 Å². The van der Waals surface area contributed by atoms with Crippen molar-refractivity contribution in [2.45, 2.75) is 117 Å². The van der Waals surface area contributed by atoms with Crippen molar-refractivity contribution in [1.82, 2.24) is 0 Å². The average Bonchev–Trinajstić information content (AvgIpc) is 2.84. The molecule has 38 heavy (non-hydrogen) atoms. The molecule has 1 heterocycles. The topological polar surface area (TPSA) is 89.9 Å². The maximum Gasteiger partial charge on any atom is 0.412 e. The molecule has 10 heteroatoms. The molecular formula is C28H45F3O6Si. The number of aliphatic hydroxyl groups is 1. The van der Waals surface area contributed by atoms with Crippen molar-refractivity contribution in [2.75, 3.05) is 0 Å². The number of esters is 1. The smallest absolute Gasteiger partial charge is 0.412 e. The maximum atomic E-state index is 13.7. The summed E-state index contributed by atoms with van der Waals surface area (Å²) in [6.07, 6.45) is -5.69. The number of cyclic esters (lactones) is 1. The van der Waals surface area contributed by atoms with Gasteiger partial charge >= 0.3 is 12.1 Å². The predicted octanol–water partition coefficient (Wildman–Crippen LogP) is 6.33. The molecule has 6 nitrogen and oxygen atoms in total. The Labute approximate surface area is 226 Å². The van der Waals surface area contributed by atoms with Gasteiger partial charge in [-0.05, 0) is 31.5 Å². The van der Waals surface area contributed by atoms with E-state index < -0.39 is 80.2 Å². The summed E-state index contributed by atoms with van der Waals surface area (Å²) in [4.78, 5) is 39.0. The molecule has 1 N–H and O–H groups in total. The molecule has 218 valence electrons. The highest BCUT2D eigenvalue weighted by Gasteiger charge is 2.46. The molecule has 0 bridgehead atoms. The molecule has 5 atom stereocenters. The van der Waals surface area contributed by atoms with Gasteiger partial charge in [-0.3, -0.25) is 14.4 Å². The summed E-state index contributed by atoms with van der Waals surface area (Å²) in [5.74, 6) is -3.19. The first kappa shape index (κ1) is 34.2. The molecule has 0 aromatic rings. The van der Waals surface area contributed by atoms with Gasteiger partial charge in [0.05, 0.1) is 18.6 Å². The Balaban J connectivity index is 3.62. The summed E-state index contributed by atoms with van der Waals surface area (Å²) in [6.45, 7) is 13.8. The highest BCUT2D eigenvalue weighted by molar-refractivity contribution is 6.73. The maximum absolute atomic E-state index is 13.7. The Hall–Kier alpha value is -1.78. The first-order chi connectivity index (χ1) is 17.5. The first-order valence-corrected chi connectivity index (χ1v) is 16.0. The lowest BCUT2D eigenvalue weighted by Gasteiger charge is -2.41. The third kappa shape index (κ3) is 8.88. The molecular weight excluding hydrogens is 517 g/mol. The van der Waals surface area contributed by atoms with Gasteiger partial charge in [-0.25, -0.2) is 0 Å². The van der Waals surface area contributed by atoms with Crippen molar-refractivity contribution >= 4 is 25.9 Å². The molecule has 0 aromatic carbocycles. The van der Waals surface area contributed by atoms with Crippen LogP contribution in [0.25, 0.3) is 0 Å². The van der Waals surface area contributed by atoms with E-state index in [1.807, 2.05) is 20.8 Å². The predicted molar refractivity (Wildman–Crippen MR) is 143 cm³/mol. The summed E-state index contributed by atoms with van der Waals surface area (Å²) >= 11 is 0. The Bertz CT molecular complexity index is 883. The number of ether oxygens (including phenoxy) is 1. The van der Waals surface area contributed by atoms with Crippen LogP contribution in [0.5, 0.6) is 0 Å². The van der Waals surface area contributed by atoms with Crippen LogP contribution < -0.4 is 0 Å². The van der Waals surface area contributed by atoms with Crippen molar-refractivity contribution < 1.29 is 41.8 Å². The van der Waals surface area contributed by atoms with E-state index in [2.05, 4.69) is 0 Å². The summed E-state index contributed by atoms with van der Waals surface area (Å²) in [7, 11) is -2.33. The number of ketones is 2. The second kappa shape index (κ2) is 14.0. The summed E-state index contributed by atoms with van der Waals surface area (Å²) in [5.41, 5.74) is -2.08. The minimum atomic E-state index is -4.65. The average molecular weight is 563 g/mol. The van der Waals surface area contributed by atoms with Gasteiger partial charge in [0, 0.05) is 29.2 Å². The third-order valence-corrected chi connectivity index (χ3v) is 12.7. The number of hydrogen-bond donors (Lipinski definition) is 1. The summed E-state index contributed by atoms with van der Waals surface area (Å²) in [6, 6.07) is 2.28. The number of rotatable bonds is 6. The number of aliphatic hydroxyl groups excluding tert-OH is 1. The SMILES string of the molecule is CC[Si](CC)(CC)O[C@H]1CC(=O)O[C@H](C(C)=O)C/C=C(/C(F)(F)F)C/C=C/[C@H](C)[C@H](O)[C@@H](C)C(=O)C1(C)C. The van der Waals surface area contributed by atoms with Crippen molar-refractivity contribution in [3.63, 3.8) is 0 Å². The van der Waals surface area contributed by atoms with Gasteiger partial charge < -0.3 is 14.3 Å². The van der Waals surface area contributed by atoms with Gasteiger partial charge in [-0.2, -0.15) is 13.2 Å². The fourth-order valence-corrected chi connectivity index (χ4v) is 7.83. The normalized spacial score (nSPS) is 30.7. The zero-order chi connectivity index (χ0) is 29.5. The van der Waals surface area contributed by atoms with Crippen LogP contribution in [0.4, 0.5) is 13.2 Å². The Kier molecular flexibility index (Phi) is 12.6. The lowest BCUT2D eigenvalue weighted by molar-refractivity contribution is -0.158. The summed E-state index contributed by atoms with van der Waals surface area (Å²) < 4.78 is 52.9. The number of carbonyl (C=O) groups is 3. The highest BCUT2D eigenvalue weighted by atomic mass is 28.4. The minimum Gasteiger partial charge on any atom is -0.454 e. The Morgan fingerprint density at radius 3 is 2.18 bits per heavy atom. The fourth-order valence-electron chi connectivity index (χ4n) is 4.84. The van der Waals surface area contributed by atoms with Crippen LogP contribution in [0.1, 0.15) is 74.7 Å². The molecule has 0 aliphatic carbocycles. The molecule has 0 amide bonds. The fraction of sp³-hybridized carbons (Fsp3) is 0.750. The van der Waals surface area contributed by atoms with Gasteiger partial charge in [0.15, 0.2) is 20.2 Å². The van der Waals surface area contributed by atoms with E-state index >= 15 is 0 Å². The van der Waals surface area contributed by atoms with E-state index in [1.54, 1.807) is 27.7 Å². The van der Waals surface area contributed by atoms with Crippen molar-refractivity contribution in [3.05, 3.63) is 23.8 Å². The van der Waals surface area contributed by atoms with Gasteiger partial charge in [0.2, 0.25) is 0 Å². The van der Waals surface area contributed by atoms with Crippen LogP contribution in [-0.4, -0.2) is 55.4 Å². The molecule has 0 aromatic heterocycles. The van der Waals surface area contributed by atoms with Gasteiger partial charge in [0.25, 0.3) is 0 Å². The molecule has 1 aliphatic rings. The van der Waals surface area contributed by atoms with Gasteiger partial charge in [-0.1, -0.05) is 66.7 Å². The molecule has 0 spiro atoms. The Morgan fingerprint density at radius 1 is 1.16 bits per heavy atom. The van der Waals surface area contributed by atoms with Gasteiger partial charge in [-0.15, -0.1) is 0 Å². The summed E-state index contributed by atoms with van der Waals surface area (Å²) in [5, 5.41) is 10.9. The van der Waals surface area contributed by atoms with Crippen LogP contribution in [0, 0.1) is 17.3 Å². The third-order valence-electron chi connectivity index (χ3n) is 8.03. The van der Waals surface area contributed by atoms with Gasteiger partial charge in [0.1, 0.15) is 5.78 Å².